The summed E-state index contributed by atoms with van der Waals surface area (Å²) in [5.41, 5.74) is 0. The van der Waals surface area contributed by atoms with Crippen molar-refractivity contribution in [2.45, 2.75) is 79.1 Å². The van der Waals surface area contributed by atoms with E-state index in [1.54, 1.807) is 12.1 Å². The van der Waals surface area contributed by atoms with Gasteiger partial charge in [-0.05, 0) is 36.8 Å². The van der Waals surface area contributed by atoms with Crippen molar-refractivity contribution in [3.8, 4) is 17.2 Å². The Balaban J connectivity index is 2.64. The van der Waals surface area contributed by atoms with Crippen LogP contribution in [-0.2, 0) is 0 Å². The van der Waals surface area contributed by atoms with Gasteiger partial charge >= 0.3 is 0 Å². The Morgan fingerprint density at radius 1 is 0.800 bits per heavy atom. The summed E-state index contributed by atoms with van der Waals surface area (Å²) in [5.74, 6) is 2.78. The van der Waals surface area contributed by atoms with E-state index in [4.69, 9.17) is 9.47 Å². The highest BCUT2D eigenvalue weighted by atomic mass is 16.5. The maximum Gasteiger partial charge on any atom is 0.164 e. The number of phenols is 1. The molecule has 25 heavy (non-hydrogen) atoms. The van der Waals surface area contributed by atoms with Crippen molar-refractivity contribution < 1.29 is 14.6 Å². The minimum Gasteiger partial charge on any atom is -0.508 e. The van der Waals surface area contributed by atoms with Crippen molar-refractivity contribution in [2.75, 3.05) is 13.2 Å². The molecule has 0 saturated carbocycles. The van der Waals surface area contributed by atoms with Gasteiger partial charge < -0.3 is 14.6 Å². The van der Waals surface area contributed by atoms with Crippen LogP contribution in [0, 0.1) is 11.8 Å². The normalized spacial score (nSPS) is 13.4. The number of ether oxygens (including phenoxy) is 2. The maximum absolute atomic E-state index is 9.81. The van der Waals surface area contributed by atoms with Crippen LogP contribution in [0.3, 0.4) is 0 Å². The molecule has 0 aliphatic rings. The van der Waals surface area contributed by atoms with Crippen LogP contribution in [-0.4, -0.2) is 18.3 Å². The Morgan fingerprint density at radius 3 is 1.80 bits per heavy atom. The molecule has 0 aliphatic heterocycles. The molecule has 2 atom stereocenters. The van der Waals surface area contributed by atoms with Gasteiger partial charge in [-0.2, -0.15) is 0 Å². The average Bonchev–Trinajstić information content (AvgIpc) is 2.63. The van der Waals surface area contributed by atoms with Gasteiger partial charge in [-0.25, -0.2) is 0 Å². The van der Waals surface area contributed by atoms with Crippen LogP contribution >= 0.6 is 0 Å². The van der Waals surface area contributed by atoms with E-state index < -0.39 is 0 Å². The summed E-state index contributed by atoms with van der Waals surface area (Å²) in [4.78, 5) is 0. The van der Waals surface area contributed by atoms with Crippen LogP contribution < -0.4 is 9.47 Å². The summed E-state index contributed by atoms with van der Waals surface area (Å²) >= 11 is 0. The second-order valence-electron chi connectivity index (χ2n) is 7.09. The molecular formula is C22H38O3. The molecule has 1 rings (SSSR count). The van der Waals surface area contributed by atoms with Gasteiger partial charge in [0, 0.05) is 6.07 Å². The minimum absolute atomic E-state index is 0.224. The first-order chi connectivity index (χ1) is 12.1. The largest absolute Gasteiger partial charge is 0.508 e. The standard InChI is InChI=1S/C22H38O3/c1-5-9-11-18(7-3)16-24-21-14-13-20(23)15-22(21)25-17-19(8-4)12-10-6-2/h13-15,18-19,23H,5-12,16-17H2,1-4H3. The lowest BCUT2D eigenvalue weighted by Crippen LogP contribution is -2.14. The smallest absolute Gasteiger partial charge is 0.164 e. The Bertz CT molecular complexity index is 459. The van der Waals surface area contributed by atoms with Crippen molar-refractivity contribution >= 4 is 0 Å². The first-order valence-electron chi connectivity index (χ1n) is 10.2. The summed E-state index contributed by atoms with van der Waals surface area (Å²) < 4.78 is 12.1. The van der Waals surface area contributed by atoms with E-state index in [1.165, 1.54) is 38.5 Å². The molecule has 0 heterocycles. The van der Waals surface area contributed by atoms with Crippen molar-refractivity contribution in [3.05, 3.63) is 18.2 Å². The molecule has 0 saturated heterocycles. The fourth-order valence-electron chi connectivity index (χ4n) is 2.94. The van der Waals surface area contributed by atoms with E-state index in [9.17, 15) is 5.11 Å². The molecule has 144 valence electrons. The second kappa shape index (κ2) is 12.9. The number of phenolic OH excluding ortho intramolecular Hbond substituents is 1. The minimum atomic E-state index is 0.224. The Kier molecular flexibility index (Phi) is 11.2. The molecule has 2 unspecified atom stereocenters. The monoisotopic (exact) mass is 350 g/mol. The predicted octanol–water partition coefficient (Wildman–Crippen LogP) is 6.58. The Labute approximate surface area is 154 Å². The SMILES string of the molecule is CCCCC(CC)COc1ccc(O)cc1OCC(CC)CCCC. The summed E-state index contributed by atoms with van der Waals surface area (Å²) in [6.07, 6.45) is 9.56. The Morgan fingerprint density at radius 2 is 1.32 bits per heavy atom. The summed E-state index contributed by atoms with van der Waals surface area (Å²) in [6.45, 7) is 10.3. The fraction of sp³-hybridized carbons (Fsp3) is 0.727. The third kappa shape index (κ3) is 8.51. The Hall–Kier alpha value is -1.38. The molecule has 0 amide bonds. The molecule has 3 nitrogen and oxygen atoms in total. The molecular weight excluding hydrogens is 312 g/mol. The number of unbranched alkanes of at least 4 members (excludes halogenated alkanes) is 2. The van der Waals surface area contributed by atoms with Gasteiger partial charge in [0.1, 0.15) is 5.75 Å². The maximum atomic E-state index is 9.81. The van der Waals surface area contributed by atoms with Crippen molar-refractivity contribution in [2.24, 2.45) is 11.8 Å². The van der Waals surface area contributed by atoms with Crippen LogP contribution in [0.2, 0.25) is 0 Å². The van der Waals surface area contributed by atoms with E-state index in [2.05, 4.69) is 27.7 Å². The molecule has 0 fully saturated rings. The zero-order valence-electron chi connectivity index (χ0n) is 16.7. The van der Waals surface area contributed by atoms with E-state index in [-0.39, 0.29) is 5.75 Å². The van der Waals surface area contributed by atoms with Gasteiger partial charge in [0.15, 0.2) is 11.5 Å². The molecule has 0 bridgehead atoms. The lowest BCUT2D eigenvalue weighted by Gasteiger charge is -2.20. The highest BCUT2D eigenvalue weighted by molar-refractivity contribution is 5.45. The van der Waals surface area contributed by atoms with Crippen molar-refractivity contribution in [3.63, 3.8) is 0 Å². The van der Waals surface area contributed by atoms with E-state index >= 15 is 0 Å². The van der Waals surface area contributed by atoms with E-state index in [1.807, 2.05) is 6.07 Å². The first kappa shape index (κ1) is 21.7. The topological polar surface area (TPSA) is 38.7 Å². The van der Waals surface area contributed by atoms with Crippen LogP contribution in [0.25, 0.3) is 0 Å². The second-order valence-corrected chi connectivity index (χ2v) is 7.09. The zero-order valence-corrected chi connectivity index (χ0v) is 16.7. The van der Waals surface area contributed by atoms with Crippen LogP contribution in [0.4, 0.5) is 0 Å². The van der Waals surface area contributed by atoms with E-state index in [0.29, 0.717) is 30.8 Å². The van der Waals surface area contributed by atoms with Crippen molar-refractivity contribution in [1.29, 1.82) is 0 Å². The summed E-state index contributed by atoms with van der Waals surface area (Å²) in [6, 6.07) is 5.17. The predicted molar refractivity (Wildman–Crippen MR) is 106 cm³/mol. The van der Waals surface area contributed by atoms with Gasteiger partial charge in [0.2, 0.25) is 0 Å². The lowest BCUT2D eigenvalue weighted by molar-refractivity contribution is 0.198. The fourth-order valence-corrected chi connectivity index (χ4v) is 2.94. The number of rotatable bonds is 14. The van der Waals surface area contributed by atoms with Crippen LogP contribution in [0.15, 0.2) is 18.2 Å². The van der Waals surface area contributed by atoms with Gasteiger partial charge in [-0.1, -0.05) is 66.2 Å². The number of aromatic hydroxyl groups is 1. The zero-order chi connectivity index (χ0) is 18.5. The summed E-state index contributed by atoms with van der Waals surface area (Å²) in [7, 11) is 0. The molecule has 0 aromatic heterocycles. The number of benzene rings is 1. The molecule has 3 heteroatoms. The highest BCUT2D eigenvalue weighted by Crippen LogP contribution is 2.32. The quantitative estimate of drug-likeness (QED) is 0.412. The number of hydrogen-bond acceptors (Lipinski definition) is 3. The first-order valence-corrected chi connectivity index (χ1v) is 10.2. The highest BCUT2D eigenvalue weighted by Gasteiger charge is 2.13. The molecule has 0 radical (unpaired) electrons. The molecule has 1 N–H and O–H groups in total. The average molecular weight is 351 g/mol. The lowest BCUT2D eigenvalue weighted by atomic mass is 10.0. The molecule has 1 aromatic carbocycles. The number of hydrogen-bond donors (Lipinski definition) is 1. The van der Waals surface area contributed by atoms with Gasteiger partial charge in [0.05, 0.1) is 13.2 Å². The van der Waals surface area contributed by atoms with Crippen molar-refractivity contribution in [1.82, 2.24) is 0 Å². The van der Waals surface area contributed by atoms with Crippen LogP contribution in [0.5, 0.6) is 17.2 Å². The molecule has 0 aliphatic carbocycles. The van der Waals surface area contributed by atoms with Gasteiger partial charge in [-0.15, -0.1) is 0 Å². The third-order valence-electron chi connectivity index (χ3n) is 4.96. The van der Waals surface area contributed by atoms with Crippen LogP contribution in [0.1, 0.15) is 79.1 Å². The third-order valence-corrected chi connectivity index (χ3v) is 4.96. The van der Waals surface area contributed by atoms with E-state index in [0.717, 1.165) is 18.6 Å². The molecule has 1 aromatic rings. The van der Waals surface area contributed by atoms with Gasteiger partial charge in [-0.3, -0.25) is 0 Å². The van der Waals surface area contributed by atoms with Gasteiger partial charge in [0.25, 0.3) is 0 Å². The molecule has 0 spiro atoms. The summed E-state index contributed by atoms with van der Waals surface area (Å²) in [5, 5.41) is 9.81.